The van der Waals surface area contributed by atoms with Gasteiger partial charge in [0.25, 0.3) is 0 Å². The molecule has 0 aliphatic heterocycles. The molecule has 4 nitrogen and oxygen atoms in total. The minimum atomic E-state index is -3.40. The molecule has 0 spiro atoms. The normalized spacial score (nSPS) is 12.0. The van der Waals surface area contributed by atoms with Crippen molar-refractivity contribution in [1.29, 1.82) is 0 Å². The summed E-state index contributed by atoms with van der Waals surface area (Å²) in [4.78, 5) is 1.39. The van der Waals surface area contributed by atoms with E-state index in [1.54, 1.807) is 6.07 Å². The molecule has 7 heteroatoms. The van der Waals surface area contributed by atoms with Gasteiger partial charge >= 0.3 is 0 Å². The highest BCUT2D eigenvalue weighted by Gasteiger charge is 2.20. The second kappa shape index (κ2) is 9.94. The zero-order valence-electron chi connectivity index (χ0n) is 12.7. The van der Waals surface area contributed by atoms with Gasteiger partial charge in [-0.1, -0.05) is 33.1 Å². The van der Waals surface area contributed by atoms with Gasteiger partial charge in [0.05, 0.1) is 3.79 Å². The highest BCUT2D eigenvalue weighted by atomic mass is 79.9. The van der Waals surface area contributed by atoms with Gasteiger partial charge in [0.1, 0.15) is 4.90 Å². The summed E-state index contributed by atoms with van der Waals surface area (Å²) in [5, 5.41) is 3.28. The lowest BCUT2D eigenvalue weighted by Gasteiger charge is -2.05. The lowest BCUT2D eigenvalue weighted by atomic mass is 10.2. The van der Waals surface area contributed by atoms with Crippen molar-refractivity contribution in [3.63, 3.8) is 0 Å². The fourth-order valence-electron chi connectivity index (χ4n) is 1.89. The second-order valence-corrected chi connectivity index (χ2v) is 9.18. The van der Waals surface area contributed by atoms with E-state index in [0.717, 1.165) is 43.5 Å². The third-order valence-electron chi connectivity index (χ3n) is 3.04. The van der Waals surface area contributed by atoms with Crippen LogP contribution in [0.3, 0.4) is 0 Å². The highest BCUT2D eigenvalue weighted by molar-refractivity contribution is 9.11. The highest BCUT2D eigenvalue weighted by Crippen LogP contribution is 2.31. The van der Waals surface area contributed by atoms with Crippen LogP contribution in [0.2, 0.25) is 0 Å². The summed E-state index contributed by atoms with van der Waals surface area (Å²) in [6.07, 6.45) is 5.32. The molecule has 0 amide bonds. The average molecular weight is 397 g/mol. The molecule has 0 aliphatic rings. The fourth-order valence-corrected chi connectivity index (χ4v) is 5.62. The molecule has 0 radical (unpaired) electrons. The first-order valence-electron chi connectivity index (χ1n) is 7.49. The molecule has 1 heterocycles. The van der Waals surface area contributed by atoms with Gasteiger partial charge in [0, 0.05) is 18.0 Å². The van der Waals surface area contributed by atoms with Crippen LogP contribution in [-0.4, -0.2) is 21.5 Å². The van der Waals surface area contributed by atoms with Crippen molar-refractivity contribution >= 4 is 37.3 Å². The molecule has 1 rings (SSSR count). The Labute approximate surface area is 140 Å². The van der Waals surface area contributed by atoms with Crippen molar-refractivity contribution in [2.24, 2.45) is 0 Å². The molecule has 122 valence electrons. The van der Waals surface area contributed by atoms with Crippen LogP contribution in [0.15, 0.2) is 14.7 Å². The fraction of sp³-hybridized carbons (Fsp3) is 0.714. The number of unbranched alkanes of at least 4 members (excludes halogenated alkanes) is 3. The zero-order chi connectivity index (χ0) is 15.7. The lowest BCUT2D eigenvalue weighted by Crippen LogP contribution is -2.24. The maximum absolute atomic E-state index is 12.3. The predicted octanol–water partition coefficient (Wildman–Crippen LogP) is 3.87. The van der Waals surface area contributed by atoms with E-state index in [9.17, 15) is 8.42 Å². The average Bonchev–Trinajstić information content (AvgIpc) is 2.81. The van der Waals surface area contributed by atoms with E-state index in [0.29, 0.717) is 21.8 Å². The summed E-state index contributed by atoms with van der Waals surface area (Å²) in [5.41, 5.74) is 0. The number of hydrogen-bond donors (Lipinski definition) is 2. The van der Waals surface area contributed by atoms with Crippen LogP contribution < -0.4 is 10.0 Å². The van der Waals surface area contributed by atoms with Crippen molar-refractivity contribution in [2.75, 3.05) is 13.1 Å². The number of thiophene rings is 1. The lowest BCUT2D eigenvalue weighted by molar-refractivity contribution is 0.573. The van der Waals surface area contributed by atoms with Crippen LogP contribution in [-0.2, 0) is 16.6 Å². The van der Waals surface area contributed by atoms with Gasteiger partial charge in [-0.3, -0.25) is 0 Å². The van der Waals surface area contributed by atoms with E-state index >= 15 is 0 Å². The Balaban J connectivity index is 2.57. The number of hydrogen-bond acceptors (Lipinski definition) is 4. The number of rotatable bonds is 11. The summed E-state index contributed by atoms with van der Waals surface area (Å²) >= 11 is 4.84. The Kier molecular flexibility index (Phi) is 9.04. The molecule has 0 aromatic carbocycles. The molecule has 0 fully saturated rings. The summed E-state index contributed by atoms with van der Waals surface area (Å²) < 4.78 is 27.9. The predicted molar refractivity (Wildman–Crippen MR) is 93.3 cm³/mol. The largest absolute Gasteiger partial charge is 0.312 e. The maximum atomic E-state index is 12.3. The van der Waals surface area contributed by atoms with Crippen molar-refractivity contribution in [3.05, 3.63) is 14.7 Å². The van der Waals surface area contributed by atoms with E-state index in [-0.39, 0.29) is 0 Å². The number of sulfonamides is 1. The van der Waals surface area contributed by atoms with Crippen LogP contribution in [0.1, 0.15) is 50.8 Å². The van der Waals surface area contributed by atoms with E-state index in [4.69, 9.17) is 0 Å². The minimum Gasteiger partial charge on any atom is -0.312 e. The summed E-state index contributed by atoms with van der Waals surface area (Å²) in [6.45, 7) is 6.40. The van der Waals surface area contributed by atoms with E-state index in [1.165, 1.54) is 11.3 Å². The number of halogens is 1. The first-order chi connectivity index (χ1) is 10.0. The molecule has 21 heavy (non-hydrogen) atoms. The SMILES string of the molecule is CCCCCCNS(=O)(=O)c1cc(CNCCC)sc1Br. The Morgan fingerprint density at radius 2 is 1.90 bits per heavy atom. The van der Waals surface area contributed by atoms with Crippen molar-refractivity contribution in [2.45, 2.75) is 57.4 Å². The molecule has 1 aromatic rings. The zero-order valence-corrected chi connectivity index (χ0v) is 16.0. The Morgan fingerprint density at radius 1 is 1.14 bits per heavy atom. The van der Waals surface area contributed by atoms with Crippen molar-refractivity contribution in [3.8, 4) is 0 Å². The summed E-state index contributed by atoms with van der Waals surface area (Å²) in [7, 11) is -3.40. The minimum absolute atomic E-state index is 0.358. The van der Waals surface area contributed by atoms with Crippen molar-refractivity contribution in [1.82, 2.24) is 10.0 Å². The Hall–Kier alpha value is 0.0500. The van der Waals surface area contributed by atoms with Crippen LogP contribution in [0.5, 0.6) is 0 Å². The van der Waals surface area contributed by atoms with E-state index in [2.05, 4.69) is 39.8 Å². The van der Waals surface area contributed by atoms with Gasteiger partial charge in [0.2, 0.25) is 10.0 Å². The summed E-state index contributed by atoms with van der Waals surface area (Å²) in [6, 6.07) is 1.76. The van der Waals surface area contributed by atoms with Gasteiger partial charge in [-0.2, -0.15) is 0 Å². The molecular weight excluding hydrogens is 372 g/mol. The molecular formula is C14H25BrN2O2S2. The monoisotopic (exact) mass is 396 g/mol. The maximum Gasteiger partial charge on any atom is 0.242 e. The molecule has 0 atom stereocenters. The van der Waals surface area contributed by atoms with Gasteiger partial charge in [-0.25, -0.2) is 13.1 Å². The van der Waals surface area contributed by atoms with Crippen LogP contribution in [0.25, 0.3) is 0 Å². The topological polar surface area (TPSA) is 58.2 Å². The van der Waals surface area contributed by atoms with Gasteiger partial charge < -0.3 is 5.32 Å². The Morgan fingerprint density at radius 3 is 2.57 bits per heavy atom. The molecule has 0 unspecified atom stereocenters. The van der Waals surface area contributed by atoms with Crippen LogP contribution in [0.4, 0.5) is 0 Å². The molecule has 0 saturated carbocycles. The van der Waals surface area contributed by atoms with Gasteiger partial charge in [-0.05, 0) is 41.4 Å². The van der Waals surface area contributed by atoms with E-state index < -0.39 is 10.0 Å². The van der Waals surface area contributed by atoms with E-state index in [1.807, 2.05) is 0 Å². The smallest absolute Gasteiger partial charge is 0.242 e. The Bertz CT molecular complexity index is 515. The van der Waals surface area contributed by atoms with Crippen LogP contribution >= 0.6 is 27.3 Å². The molecule has 0 bridgehead atoms. The molecule has 0 aliphatic carbocycles. The van der Waals surface area contributed by atoms with Gasteiger partial charge in [-0.15, -0.1) is 11.3 Å². The van der Waals surface area contributed by atoms with Crippen molar-refractivity contribution < 1.29 is 8.42 Å². The first-order valence-corrected chi connectivity index (χ1v) is 10.6. The molecule has 2 N–H and O–H groups in total. The third-order valence-corrected chi connectivity index (χ3v) is 6.76. The van der Waals surface area contributed by atoms with Gasteiger partial charge in [0.15, 0.2) is 0 Å². The molecule has 1 aromatic heterocycles. The third kappa shape index (κ3) is 6.78. The summed E-state index contributed by atoms with van der Waals surface area (Å²) in [5.74, 6) is 0. The quantitative estimate of drug-likeness (QED) is 0.558. The number of nitrogens with one attached hydrogen (secondary N) is 2. The molecule has 0 saturated heterocycles. The second-order valence-electron chi connectivity index (χ2n) is 4.99. The first kappa shape index (κ1) is 19.1. The van der Waals surface area contributed by atoms with Crippen LogP contribution in [0, 0.1) is 0 Å². The standard InChI is InChI=1S/C14H25BrN2O2S2/c1-3-5-6-7-9-17-21(18,19)13-10-12(20-14(13)15)11-16-8-4-2/h10,16-17H,3-9,11H2,1-2H3.